The molecule has 1 aliphatic carbocycles. The summed E-state index contributed by atoms with van der Waals surface area (Å²) in [5.74, 6) is -0.276. The molecule has 7 nitrogen and oxygen atoms in total. The molecule has 1 aromatic carbocycles. The maximum Gasteiger partial charge on any atom is 0.435 e. The fourth-order valence-electron chi connectivity index (χ4n) is 5.45. The third-order valence-corrected chi connectivity index (χ3v) is 7.57. The molecule has 2 amide bonds. The largest absolute Gasteiger partial charge is 0.435 e. The highest BCUT2D eigenvalue weighted by Crippen LogP contribution is 2.31. The first-order valence-corrected chi connectivity index (χ1v) is 12.9. The smallest absolute Gasteiger partial charge is 0.345 e. The van der Waals surface area contributed by atoms with Crippen LogP contribution in [0.15, 0.2) is 48.8 Å². The van der Waals surface area contributed by atoms with Crippen molar-refractivity contribution in [3.63, 3.8) is 0 Å². The van der Waals surface area contributed by atoms with Crippen molar-refractivity contribution in [3.8, 4) is 0 Å². The number of benzene rings is 1. The second kappa shape index (κ2) is 10.6. The molecule has 1 N–H and O–H groups in total. The molecule has 200 valence electrons. The van der Waals surface area contributed by atoms with Crippen LogP contribution in [-0.4, -0.2) is 44.6 Å². The first-order chi connectivity index (χ1) is 18.2. The number of fused-ring (bicyclic) bond motifs is 1. The van der Waals surface area contributed by atoms with Crippen LogP contribution in [-0.2, 0) is 23.9 Å². The number of aromatic nitrogens is 3. The van der Waals surface area contributed by atoms with Crippen molar-refractivity contribution in [2.24, 2.45) is 0 Å². The fourth-order valence-corrected chi connectivity index (χ4v) is 5.45. The molecule has 38 heavy (non-hydrogen) atoms. The van der Waals surface area contributed by atoms with Crippen LogP contribution in [0.1, 0.15) is 76.1 Å². The van der Waals surface area contributed by atoms with Crippen molar-refractivity contribution < 1.29 is 22.8 Å². The van der Waals surface area contributed by atoms with E-state index in [0.29, 0.717) is 37.2 Å². The Labute approximate surface area is 219 Å². The number of carbonyl (C=O) groups excluding carboxylic acids is 2. The third-order valence-electron chi connectivity index (χ3n) is 7.57. The molecule has 1 aliphatic heterocycles. The Hall–Kier alpha value is -3.69. The molecule has 1 atom stereocenters. The van der Waals surface area contributed by atoms with E-state index in [1.807, 2.05) is 18.2 Å². The minimum atomic E-state index is -4.54. The highest BCUT2D eigenvalue weighted by Gasteiger charge is 2.35. The van der Waals surface area contributed by atoms with E-state index in [1.54, 1.807) is 17.3 Å². The van der Waals surface area contributed by atoms with Crippen LogP contribution in [0.5, 0.6) is 0 Å². The summed E-state index contributed by atoms with van der Waals surface area (Å²) < 4.78 is 39.9. The lowest BCUT2D eigenvalue weighted by molar-refractivity contribution is -0.142. The van der Waals surface area contributed by atoms with Crippen molar-refractivity contribution in [3.05, 3.63) is 82.4 Å². The number of hydrogen-bond donors (Lipinski definition) is 1. The molecule has 1 saturated heterocycles. The second-order valence-electron chi connectivity index (χ2n) is 10.1. The summed E-state index contributed by atoms with van der Waals surface area (Å²) in [4.78, 5) is 31.8. The molecule has 2 aliphatic rings. The summed E-state index contributed by atoms with van der Waals surface area (Å²) in [5.41, 5.74) is 3.21. The number of pyridine rings is 1. The Morgan fingerprint density at radius 1 is 1.08 bits per heavy atom. The van der Waals surface area contributed by atoms with Gasteiger partial charge in [-0.25, -0.2) is 0 Å². The van der Waals surface area contributed by atoms with E-state index in [1.165, 1.54) is 18.1 Å². The number of hydrogen-bond acceptors (Lipinski definition) is 4. The summed E-state index contributed by atoms with van der Waals surface area (Å²) in [5, 5.41) is 6.73. The van der Waals surface area contributed by atoms with Crippen LogP contribution in [0.25, 0.3) is 0 Å². The monoisotopic (exact) mass is 525 g/mol. The molecule has 3 aromatic rings. The molecule has 0 spiro atoms. The fraction of sp³-hybridized carbons (Fsp3) is 0.429. The van der Waals surface area contributed by atoms with Gasteiger partial charge in [-0.1, -0.05) is 24.3 Å². The van der Waals surface area contributed by atoms with E-state index in [0.717, 1.165) is 35.6 Å². The summed E-state index contributed by atoms with van der Waals surface area (Å²) >= 11 is 0. The number of aryl methyl sites for hydroxylation is 2. The van der Waals surface area contributed by atoms with Gasteiger partial charge < -0.3 is 10.2 Å². The Kier molecular flexibility index (Phi) is 7.23. The Morgan fingerprint density at radius 2 is 1.84 bits per heavy atom. The minimum absolute atomic E-state index is 0.0176. The van der Waals surface area contributed by atoms with Gasteiger partial charge in [-0.15, -0.1) is 0 Å². The van der Waals surface area contributed by atoms with Crippen molar-refractivity contribution in [2.75, 3.05) is 13.1 Å². The second-order valence-corrected chi connectivity index (χ2v) is 10.1. The molecule has 10 heteroatoms. The number of rotatable bonds is 5. The molecule has 0 bridgehead atoms. The number of nitrogens with one attached hydrogen (secondary N) is 1. The average Bonchev–Trinajstić information content (AvgIpc) is 3.29. The number of nitrogens with zero attached hydrogens (tertiary/aromatic N) is 4. The van der Waals surface area contributed by atoms with Gasteiger partial charge in [-0.2, -0.15) is 18.3 Å². The van der Waals surface area contributed by atoms with Crippen molar-refractivity contribution >= 4 is 11.8 Å². The third kappa shape index (κ3) is 5.58. The number of piperidine rings is 1. The van der Waals surface area contributed by atoms with Gasteiger partial charge in [0.1, 0.15) is 6.54 Å². The maximum atomic E-state index is 13.1. The summed E-state index contributed by atoms with van der Waals surface area (Å²) in [6.07, 6.45) is 3.11. The van der Waals surface area contributed by atoms with Crippen LogP contribution >= 0.6 is 0 Å². The summed E-state index contributed by atoms with van der Waals surface area (Å²) in [6, 6.07) is 11.0. The number of halogens is 3. The topological polar surface area (TPSA) is 80.1 Å². The van der Waals surface area contributed by atoms with E-state index in [-0.39, 0.29) is 30.3 Å². The van der Waals surface area contributed by atoms with Crippen LogP contribution < -0.4 is 5.32 Å². The summed E-state index contributed by atoms with van der Waals surface area (Å²) in [6.45, 7) is 2.23. The zero-order valence-electron chi connectivity index (χ0n) is 21.2. The molecule has 0 saturated carbocycles. The normalized spacial score (nSPS) is 18.2. The first-order valence-electron chi connectivity index (χ1n) is 12.9. The highest BCUT2D eigenvalue weighted by molar-refractivity contribution is 5.94. The molecule has 5 rings (SSSR count). The van der Waals surface area contributed by atoms with Gasteiger partial charge >= 0.3 is 6.18 Å². The van der Waals surface area contributed by atoms with Crippen molar-refractivity contribution in [1.29, 1.82) is 0 Å². The lowest BCUT2D eigenvalue weighted by Crippen LogP contribution is -2.40. The molecule has 0 unspecified atom stereocenters. The molecule has 0 radical (unpaired) electrons. The van der Waals surface area contributed by atoms with Gasteiger partial charge in [0.2, 0.25) is 5.91 Å². The number of likely N-dealkylation sites (tertiary alicyclic amines) is 1. The molecule has 3 heterocycles. The van der Waals surface area contributed by atoms with Crippen LogP contribution in [0, 0.1) is 6.92 Å². The quantitative estimate of drug-likeness (QED) is 0.518. The lowest BCUT2D eigenvalue weighted by atomic mass is 9.87. The van der Waals surface area contributed by atoms with Gasteiger partial charge in [-0.05, 0) is 73.8 Å². The van der Waals surface area contributed by atoms with Gasteiger partial charge in [0.05, 0.1) is 11.6 Å². The Balaban J connectivity index is 1.18. The molecule has 2 aromatic heterocycles. The number of carbonyl (C=O) groups is 2. The van der Waals surface area contributed by atoms with Gasteiger partial charge in [0.15, 0.2) is 5.69 Å². The SMILES string of the molecule is Cc1cc(C(F)(F)F)nn1CC(=O)N1CCC(c2cncc(C(=O)N[C@@H]3CCCc4ccccc43)c2)CC1. The van der Waals surface area contributed by atoms with Gasteiger partial charge in [0.25, 0.3) is 5.91 Å². The average molecular weight is 526 g/mol. The Morgan fingerprint density at radius 3 is 2.58 bits per heavy atom. The lowest BCUT2D eigenvalue weighted by Gasteiger charge is -2.32. The molecule has 1 fully saturated rings. The predicted octanol–water partition coefficient (Wildman–Crippen LogP) is 4.82. The predicted molar refractivity (Wildman–Crippen MR) is 134 cm³/mol. The van der Waals surface area contributed by atoms with Crippen LogP contribution in [0.2, 0.25) is 0 Å². The summed E-state index contributed by atoms with van der Waals surface area (Å²) in [7, 11) is 0. The van der Waals surface area contributed by atoms with Crippen molar-refractivity contribution in [1.82, 2.24) is 25.0 Å². The van der Waals surface area contributed by atoms with Crippen molar-refractivity contribution in [2.45, 2.75) is 63.7 Å². The van der Waals surface area contributed by atoms with E-state index < -0.39 is 11.9 Å². The molecular weight excluding hydrogens is 495 g/mol. The highest BCUT2D eigenvalue weighted by atomic mass is 19.4. The zero-order chi connectivity index (χ0) is 26.9. The molecular formula is C28H30F3N5O2. The standard InChI is InChI=1S/C28H30F3N5O2/c1-18-13-25(28(29,30)31)34-36(18)17-26(37)35-11-9-19(10-12-35)21-14-22(16-32-15-21)27(38)33-24-8-4-6-20-5-2-3-7-23(20)24/h2-3,5,7,13-16,19,24H,4,6,8-12,17H2,1H3,(H,33,38)/t24-/m1/s1. The van der Waals surface area contributed by atoms with Gasteiger partial charge in [-0.3, -0.25) is 19.3 Å². The van der Waals surface area contributed by atoms with E-state index in [2.05, 4.69) is 27.5 Å². The zero-order valence-corrected chi connectivity index (χ0v) is 21.2. The van der Waals surface area contributed by atoms with E-state index in [9.17, 15) is 22.8 Å². The Bertz CT molecular complexity index is 1330. The number of amides is 2. The maximum absolute atomic E-state index is 13.1. The number of alkyl halides is 3. The van der Waals surface area contributed by atoms with E-state index in [4.69, 9.17) is 0 Å². The minimum Gasteiger partial charge on any atom is -0.345 e. The van der Waals surface area contributed by atoms with Crippen LogP contribution in [0.4, 0.5) is 13.2 Å². The first kappa shape index (κ1) is 25.9. The van der Waals surface area contributed by atoms with Gasteiger partial charge in [0, 0.05) is 31.2 Å². The van der Waals surface area contributed by atoms with Crippen LogP contribution in [0.3, 0.4) is 0 Å². The van der Waals surface area contributed by atoms with E-state index >= 15 is 0 Å².